The van der Waals surface area contributed by atoms with E-state index in [1.54, 1.807) is 18.7 Å². The van der Waals surface area contributed by atoms with Gasteiger partial charge in [0.1, 0.15) is 4.90 Å². The molecule has 2 fully saturated rings. The predicted molar refractivity (Wildman–Crippen MR) is 84.4 cm³/mol. The quantitative estimate of drug-likeness (QED) is 0.872. The van der Waals surface area contributed by atoms with Crippen LogP contribution in [0.15, 0.2) is 11.1 Å². The highest BCUT2D eigenvalue weighted by atomic mass is 32.2. The van der Waals surface area contributed by atoms with Crippen LogP contribution >= 0.6 is 0 Å². The lowest BCUT2D eigenvalue weighted by Crippen LogP contribution is -2.55. The summed E-state index contributed by atoms with van der Waals surface area (Å²) in [4.78, 5) is 0.247. The van der Waals surface area contributed by atoms with Crippen LogP contribution in [0.5, 0.6) is 0 Å². The van der Waals surface area contributed by atoms with E-state index in [0.29, 0.717) is 25.5 Å². The number of rotatable bonds is 3. The number of morpholine rings is 1. The van der Waals surface area contributed by atoms with Gasteiger partial charge in [0.25, 0.3) is 0 Å². The van der Waals surface area contributed by atoms with Crippen LogP contribution in [-0.2, 0) is 21.8 Å². The van der Waals surface area contributed by atoms with E-state index in [-0.39, 0.29) is 16.9 Å². The summed E-state index contributed by atoms with van der Waals surface area (Å²) in [6, 6.07) is -0.302. The lowest BCUT2D eigenvalue weighted by Gasteiger charge is -2.42. The molecule has 0 unspecified atom stereocenters. The van der Waals surface area contributed by atoms with Gasteiger partial charge in [0.05, 0.1) is 37.3 Å². The molecule has 1 saturated carbocycles. The number of aliphatic hydroxyl groups excluding tert-OH is 1. The first-order valence-electron chi connectivity index (χ1n) is 8.19. The highest BCUT2D eigenvalue weighted by Gasteiger charge is 2.42. The van der Waals surface area contributed by atoms with E-state index in [9.17, 15) is 13.5 Å². The summed E-state index contributed by atoms with van der Waals surface area (Å²) in [5.74, 6) is -0.0594. The van der Waals surface area contributed by atoms with Crippen molar-refractivity contribution < 1.29 is 18.3 Å². The molecule has 0 radical (unpaired) electrons. The smallest absolute Gasteiger partial charge is 0.246 e. The molecule has 7 nitrogen and oxygen atoms in total. The monoisotopic (exact) mass is 343 g/mol. The van der Waals surface area contributed by atoms with Gasteiger partial charge >= 0.3 is 0 Å². The number of aromatic nitrogens is 2. The molecule has 23 heavy (non-hydrogen) atoms. The van der Waals surface area contributed by atoms with Crippen LogP contribution < -0.4 is 0 Å². The molecule has 130 valence electrons. The molecule has 8 heteroatoms. The SMILES string of the molecule is Cc1c(S(=O)(=O)N2CCOC[C@@H]2[C@H]2CCCC[C@@H]2O)cnn1C. The van der Waals surface area contributed by atoms with E-state index in [4.69, 9.17) is 4.74 Å². The maximum atomic E-state index is 13.1. The van der Waals surface area contributed by atoms with E-state index < -0.39 is 16.1 Å². The minimum Gasteiger partial charge on any atom is -0.393 e. The number of hydrogen-bond donors (Lipinski definition) is 1. The Hall–Kier alpha value is -0.960. The number of ether oxygens (including phenoxy) is 1. The molecule has 1 aliphatic carbocycles. The lowest BCUT2D eigenvalue weighted by molar-refractivity contribution is -0.0379. The molecule has 3 rings (SSSR count). The number of nitrogens with zero attached hydrogens (tertiary/aromatic N) is 3. The third-order valence-electron chi connectivity index (χ3n) is 5.17. The fourth-order valence-electron chi connectivity index (χ4n) is 3.69. The summed E-state index contributed by atoms with van der Waals surface area (Å²) in [5.41, 5.74) is 0.624. The zero-order valence-electron chi connectivity index (χ0n) is 13.7. The molecule has 0 aromatic carbocycles. The molecule has 0 bridgehead atoms. The summed E-state index contributed by atoms with van der Waals surface area (Å²) < 4.78 is 34.9. The van der Waals surface area contributed by atoms with Gasteiger partial charge in [0, 0.05) is 19.5 Å². The summed E-state index contributed by atoms with van der Waals surface area (Å²) in [6.45, 7) is 2.81. The van der Waals surface area contributed by atoms with Crippen molar-refractivity contribution in [2.24, 2.45) is 13.0 Å². The predicted octanol–water partition coefficient (Wildman–Crippen LogP) is 0.669. The van der Waals surface area contributed by atoms with Crippen molar-refractivity contribution in [3.63, 3.8) is 0 Å². The maximum absolute atomic E-state index is 13.1. The van der Waals surface area contributed by atoms with Gasteiger partial charge in [-0.05, 0) is 19.8 Å². The Bertz CT molecular complexity index is 658. The molecule has 1 aromatic rings. The van der Waals surface area contributed by atoms with Crippen molar-refractivity contribution in [1.82, 2.24) is 14.1 Å². The first kappa shape index (κ1) is 16.9. The zero-order chi connectivity index (χ0) is 16.6. The van der Waals surface area contributed by atoms with Crippen molar-refractivity contribution in [2.75, 3.05) is 19.8 Å². The van der Waals surface area contributed by atoms with Crippen LogP contribution in [0.25, 0.3) is 0 Å². The van der Waals surface area contributed by atoms with E-state index >= 15 is 0 Å². The Morgan fingerprint density at radius 3 is 2.74 bits per heavy atom. The Labute approximate surface area is 137 Å². The Kier molecular flexibility index (Phi) is 4.78. The summed E-state index contributed by atoms with van der Waals surface area (Å²) in [5, 5.41) is 14.4. The standard InChI is InChI=1S/C15H25N3O4S/c1-11-15(9-16-17(11)2)23(20,21)18-7-8-22-10-13(18)12-5-3-4-6-14(12)19/h9,12-14,19H,3-8,10H2,1-2H3/t12-,13-,14+/m1/s1. The number of hydrogen-bond acceptors (Lipinski definition) is 5. The molecule has 1 N–H and O–H groups in total. The normalized spacial score (nSPS) is 30.5. The Morgan fingerprint density at radius 2 is 2.09 bits per heavy atom. The van der Waals surface area contributed by atoms with Crippen LogP contribution in [0, 0.1) is 12.8 Å². The van der Waals surface area contributed by atoms with Gasteiger partial charge < -0.3 is 9.84 Å². The second-order valence-electron chi connectivity index (χ2n) is 6.49. The largest absolute Gasteiger partial charge is 0.393 e. The lowest BCUT2D eigenvalue weighted by atomic mass is 9.81. The molecule has 0 spiro atoms. The van der Waals surface area contributed by atoms with Crippen LogP contribution in [0.1, 0.15) is 31.4 Å². The van der Waals surface area contributed by atoms with E-state index in [1.807, 2.05) is 0 Å². The third-order valence-corrected chi connectivity index (χ3v) is 7.19. The first-order valence-corrected chi connectivity index (χ1v) is 9.63. The van der Waals surface area contributed by atoms with Gasteiger partial charge in [-0.15, -0.1) is 0 Å². The molecule has 2 aliphatic rings. The zero-order valence-corrected chi connectivity index (χ0v) is 14.5. The number of sulfonamides is 1. The fourth-order valence-corrected chi connectivity index (χ4v) is 5.52. The minimum absolute atomic E-state index is 0.0594. The van der Waals surface area contributed by atoms with E-state index in [2.05, 4.69) is 5.10 Å². The van der Waals surface area contributed by atoms with Gasteiger partial charge in [-0.3, -0.25) is 4.68 Å². The third kappa shape index (κ3) is 3.05. The second-order valence-corrected chi connectivity index (χ2v) is 8.35. The molecule has 1 aliphatic heterocycles. The van der Waals surface area contributed by atoms with Crippen molar-refractivity contribution in [2.45, 2.75) is 49.6 Å². The molecule has 2 heterocycles. The molecule has 0 amide bonds. The van der Waals surface area contributed by atoms with Crippen molar-refractivity contribution in [3.8, 4) is 0 Å². The summed E-state index contributed by atoms with van der Waals surface area (Å²) >= 11 is 0. The van der Waals surface area contributed by atoms with E-state index in [1.165, 1.54) is 10.5 Å². The van der Waals surface area contributed by atoms with Gasteiger partial charge in [-0.2, -0.15) is 9.40 Å². The highest BCUT2D eigenvalue weighted by Crippen LogP contribution is 2.34. The highest BCUT2D eigenvalue weighted by molar-refractivity contribution is 7.89. The van der Waals surface area contributed by atoms with Gasteiger partial charge in [0.2, 0.25) is 10.0 Å². The topological polar surface area (TPSA) is 84.7 Å². The molecular weight excluding hydrogens is 318 g/mol. The van der Waals surface area contributed by atoms with Crippen LogP contribution in [0.3, 0.4) is 0 Å². The molecule has 1 saturated heterocycles. The van der Waals surface area contributed by atoms with Crippen molar-refractivity contribution >= 4 is 10.0 Å². The summed E-state index contributed by atoms with van der Waals surface area (Å²) in [6.07, 6.45) is 4.56. The van der Waals surface area contributed by atoms with Crippen molar-refractivity contribution in [1.29, 1.82) is 0 Å². The Morgan fingerprint density at radius 1 is 1.35 bits per heavy atom. The summed E-state index contributed by atoms with van der Waals surface area (Å²) in [7, 11) is -1.90. The molecular formula is C15H25N3O4S. The average molecular weight is 343 g/mol. The number of aryl methyl sites for hydroxylation is 1. The van der Waals surface area contributed by atoms with Gasteiger partial charge in [-0.25, -0.2) is 8.42 Å². The maximum Gasteiger partial charge on any atom is 0.246 e. The fraction of sp³-hybridized carbons (Fsp3) is 0.800. The second kappa shape index (κ2) is 6.51. The van der Waals surface area contributed by atoms with Crippen LogP contribution in [-0.4, -0.2) is 59.5 Å². The van der Waals surface area contributed by atoms with Crippen LogP contribution in [0.4, 0.5) is 0 Å². The minimum atomic E-state index is -3.63. The number of aliphatic hydroxyl groups is 1. The first-order chi connectivity index (χ1) is 10.9. The molecule has 1 aromatic heterocycles. The van der Waals surface area contributed by atoms with Crippen LogP contribution in [0.2, 0.25) is 0 Å². The average Bonchev–Trinajstić information content (AvgIpc) is 2.88. The van der Waals surface area contributed by atoms with Gasteiger partial charge in [0.15, 0.2) is 0 Å². The Balaban J connectivity index is 1.93. The van der Waals surface area contributed by atoms with E-state index in [0.717, 1.165) is 25.7 Å². The molecule has 3 atom stereocenters. The van der Waals surface area contributed by atoms with Crippen molar-refractivity contribution in [3.05, 3.63) is 11.9 Å². The van der Waals surface area contributed by atoms with Gasteiger partial charge in [-0.1, -0.05) is 12.8 Å².